The van der Waals surface area contributed by atoms with Crippen molar-refractivity contribution >= 4 is 33.6 Å². The Kier molecular flexibility index (Phi) is 60.5. The molecule has 0 aliphatic heterocycles. The van der Waals surface area contributed by atoms with Crippen molar-refractivity contribution in [1.82, 2.24) is 0 Å². The molecule has 16 nitrogen and oxygen atoms in total. The summed E-state index contributed by atoms with van der Waals surface area (Å²) in [6, 6.07) is 0. The maximum atomic E-state index is 12.9. The lowest BCUT2D eigenvalue weighted by molar-refractivity contribution is -0.161. The van der Waals surface area contributed by atoms with Crippen LogP contribution < -0.4 is 0 Å². The monoisotopic (exact) mass is 1270 g/mol. The number of hydrogen-bond acceptors (Lipinski definition) is 14. The summed E-state index contributed by atoms with van der Waals surface area (Å²) < 4.78 is 60.8. The standard InChI is InChI=1S/C69H122O16P2/c1-4-7-10-13-16-19-22-25-27-28-29-30-31-32-33-34-36-39-40-43-46-49-52-55-67(72)79-58-64(70)59-81-86(75,76)82-60-65(71)61-83-87(77,78)84-63-66(85-69(74)57-54-51-48-45-42-37-24-21-18-15-12-9-6-3)62-80-68(73)56-53-50-47-44-41-38-35-26-23-20-17-14-11-8-5-2/h7,10,12,15-16,19,21,24-25,27,29-30,32-33,64-66,70-71H,4-6,8-9,11,13-14,17-18,20,22-23,26,28,31,34-63H2,1-3H3,(H,75,76)(H,77,78)/b10-7-,15-12-,19-16-,24-21-,27-25-,30-29-,33-32-. The molecule has 0 amide bonds. The second-order valence-electron chi connectivity index (χ2n) is 22.6. The molecule has 0 bridgehead atoms. The molecule has 0 aliphatic carbocycles. The number of phosphoric ester groups is 2. The highest BCUT2D eigenvalue weighted by atomic mass is 31.2. The van der Waals surface area contributed by atoms with Crippen molar-refractivity contribution in [2.24, 2.45) is 0 Å². The molecule has 5 unspecified atom stereocenters. The van der Waals surface area contributed by atoms with Crippen LogP contribution in [-0.2, 0) is 55.8 Å². The molecule has 0 aromatic heterocycles. The van der Waals surface area contributed by atoms with Gasteiger partial charge in [0.15, 0.2) is 6.10 Å². The van der Waals surface area contributed by atoms with Crippen molar-refractivity contribution in [1.29, 1.82) is 0 Å². The number of esters is 3. The van der Waals surface area contributed by atoms with E-state index < -0.39 is 91.5 Å². The third kappa shape index (κ3) is 64.1. The zero-order valence-electron chi connectivity index (χ0n) is 54.4. The van der Waals surface area contributed by atoms with Gasteiger partial charge in [0, 0.05) is 19.3 Å². The molecule has 18 heteroatoms. The van der Waals surface area contributed by atoms with Crippen LogP contribution in [-0.4, -0.2) is 95.9 Å². The van der Waals surface area contributed by atoms with Gasteiger partial charge >= 0.3 is 33.6 Å². The van der Waals surface area contributed by atoms with Crippen molar-refractivity contribution in [3.63, 3.8) is 0 Å². The number of carbonyl (C=O) groups is 3. The van der Waals surface area contributed by atoms with Crippen molar-refractivity contribution in [2.45, 2.75) is 296 Å². The highest BCUT2D eigenvalue weighted by Crippen LogP contribution is 2.45. The SMILES string of the molecule is CC/C=C\C/C=C\C/C=C\C/C=C\C/C=C\CCCCCCCCCC(=O)OCC(O)COP(=O)(O)OCC(O)COP(=O)(O)OCC(COC(=O)CCCCCCCCCCCCCCCCC)OC(=O)CCCCCCC/C=C\C/C=C\CCC. The van der Waals surface area contributed by atoms with E-state index in [1.165, 1.54) is 70.6 Å². The Morgan fingerprint density at radius 2 is 0.632 bits per heavy atom. The first kappa shape index (κ1) is 83.7. The number of ether oxygens (including phenoxy) is 3. The summed E-state index contributed by atoms with van der Waals surface area (Å²) in [7, 11) is -9.77. The molecular weight excluding hydrogens is 1150 g/mol. The van der Waals surface area contributed by atoms with Crippen LogP contribution in [0.3, 0.4) is 0 Å². The van der Waals surface area contributed by atoms with Gasteiger partial charge in [0.05, 0.1) is 26.4 Å². The van der Waals surface area contributed by atoms with Crippen LogP contribution in [0.5, 0.6) is 0 Å². The summed E-state index contributed by atoms with van der Waals surface area (Å²) >= 11 is 0. The number of aliphatic hydroxyl groups is 2. The Hall–Kier alpha value is -3.27. The Balaban J connectivity index is 4.57. The number of aliphatic hydroxyl groups excluding tert-OH is 2. The third-order valence-electron chi connectivity index (χ3n) is 14.1. The van der Waals surface area contributed by atoms with E-state index in [0.29, 0.717) is 19.3 Å². The molecule has 0 rings (SSSR count). The lowest BCUT2D eigenvalue weighted by atomic mass is 10.0. The highest BCUT2D eigenvalue weighted by Gasteiger charge is 2.29. The van der Waals surface area contributed by atoms with Gasteiger partial charge in [0.25, 0.3) is 0 Å². The second kappa shape index (κ2) is 62.9. The quantitative estimate of drug-likeness (QED) is 0.0146. The second-order valence-corrected chi connectivity index (χ2v) is 25.5. The van der Waals surface area contributed by atoms with Crippen LogP contribution in [0.25, 0.3) is 0 Å². The van der Waals surface area contributed by atoms with Gasteiger partial charge in [-0.15, -0.1) is 0 Å². The molecule has 0 aromatic rings. The van der Waals surface area contributed by atoms with Gasteiger partial charge in [-0.1, -0.05) is 254 Å². The normalized spacial score (nSPS) is 14.8. The zero-order valence-corrected chi connectivity index (χ0v) is 56.2. The zero-order chi connectivity index (χ0) is 63.8. The largest absolute Gasteiger partial charge is 0.472 e. The molecule has 504 valence electrons. The smallest absolute Gasteiger partial charge is 0.463 e. The molecule has 5 atom stereocenters. The van der Waals surface area contributed by atoms with E-state index in [9.17, 15) is 43.5 Å². The predicted octanol–water partition coefficient (Wildman–Crippen LogP) is 18.5. The summed E-state index contributed by atoms with van der Waals surface area (Å²) in [5.74, 6) is -1.59. The molecule has 87 heavy (non-hydrogen) atoms. The number of rotatable bonds is 64. The number of hydrogen-bond donors (Lipinski definition) is 4. The lowest BCUT2D eigenvalue weighted by Gasteiger charge is -2.21. The number of phosphoric acid groups is 2. The molecule has 4 N–H and O–H groups in total. The molecule has 0 saturated carbocycles. The minimum absolute atomic E-state index is 0.0907. The first-order chi connectivity index (χ1) is 42.2. The third-order valence-corrected chi connectivity index (χ3v) is 16.0. The number of carbonyl (C=O) groups excluding carboxylic acids is 3. The minimum atomic E-state index is -4.92. The topological polar surface area (TPSA) is 231 Å². The van der Waals surface area contributed by atoms with Crippen molar-refractivity contribution in [3.05, 3.63) is 85.1 Å². The summed E-state index contributed by atoms with van der Waals surface area (Å²) in [5, 5.41) is 20.5. The van der Waals surface area contributed by atoms with Gasteiger partial charge in [0.2, 0.25) is 0 Å². The van der Waals surface area contributed by atoms with Gasteiger partial charge in [-0.3, -0.25) is 32.5 Å². The Labute approximate surface area is 527 Å². The Morgan fingerprint density at radius 3 is 1.01 bits per heavy atom. The van der Waals surface area contributed by atoms with Crippen molar-refractivity contribution in [2.75, 3.05) is 39.6 Å². The van der Waals surface area contributed by atoms with E-state index in [0.717, 1.165) is 148 Å². The van der Waals surface area contributed by atoms with E-state index in [1.807, 2.05) is 0 Å². The summed E-state index contributed by atoms with van der Waals surface area (Å²) in [6.45, 7) is 2.47. The van der Waals surface area contributed by atoms with Gasteiger partial charge < -0.3 is 34.2 Å². The number of unbranched alkanes of at least 4 members (excludes halogenated alkanes) is 27. The van der Waals surface area contributed by atoms with E-state index in [4.69, 9.17) is 32.3 Å². The maximum absolute atomic E-state index is 12.9. The average Bonchev–Trinajstić information content (AvgIpc) is 3.63. The molecule has 0 aliphatic rings. The molecule has 0 saturated heterocycles. The number of allylic oxidation sites excluding steroid dienone is 14. The lowest BCUT2D eigenvalue weighted by Crippen LogP contribution is -2.30. The fourth-order valence-electron chi connectivity index (χ4n) is 8.93. The highest BCUT2D eigenvalue weighted by molar-refractivity contribution is 7.47. The van der Waals surface area contributed by atoms with E-state index in [2.05, 4.69) is 106 Å². The molecule has 0 aromatic carbocycles. The minimum Gasteiger partial charge on any atom is -0.463 e. The first-order valence-corrected chi connectivity index (χ1v) is 36.9. The van der Waals surface area contributed by atoms with Crippen LogP contribution in [0.2, 0.25) is 0 Å². The van der Waals surface area contributed by atoms with Gasteiger partial charge in [-0.2, -0.15) is 0 Å². The van der Waals surface area contributed by atoms with Crippen LogP contribution in [0.4, 0.5) is 0 Å². The van der Waals surface area contributed by atoms with E-state index >= 15 is 0 Å². The van der Waals surface area contributed by atoms with Crippen molar-refractivity contribution in [3.8, 4) is 0 Å². The van der Waals surface area contributed by atoms with Crippen LogP contribution in [0.1, 0.15) is 278 Å². The molecule has 0 fully saturated rings. The van der Waals surface area contributed by atoms with Gasteiger partial charge in [-0.25, -0.2) is 9.13 Å². The summed E-state index contributed by atoms with van der Waals surface area (Å²) in [6.07, 6.45) is 66.4. The molecular formula is C69H122O16P2. The maximum Gasteiger partial charge on any atom is 0.472 e. The van der Waals surface area contributed by atoms with Crippen LogP contribution in [0.15, 0.2) is 85.1 Å². The van der Waals surface area contributed by atoms with Crippen molar-refractivity contribution < 1.29 is 75.8 Å². The Morgan fingerprint density at radius 1 is 0.333 bits per heavy atom. The molecule has 0 spiro atoms. The molecule has 0 radical (unpaired) electrons. The van der Waals surface area contributed by atoms with Crippen LogP contribution in [0, 0.1) is 0 Å². The first-order valence-electron chi connectivity index (χ1n) is 33.9. The molecule has 0 heterocycles. The predicted molar refractivity (Wildman–Crippen MR) is 353 cm³/mol. The van der Waals surface area contributed by atoms with Gasteiger partial charge in [0.1, 0.15) is 25.4 Å². The average molecular weight is 1270 g/mol. The summed E-state index contributed by atoms with van der Waals surface area (Å²) in [5.41, 5.74) is 0. The van der Waals surface area contributed by atoms with E-state index in [-0.39, 0.29) is 19.3 Å². The van der Waals surface area contributed by atoms with Gasteiger partial charge in [-0.05, 0) is 89.9 Å². The Bertz CT molecular complexity index is 1930. The van der Waals surface area contributed by atoms with E-state index in [1.54, 1.807) is 0 Å². The summed E-state index contributed by atoms with van der Waals surface area (Å²) in [4.78, 5) is 58.3. The van der Waals surface area contributed by atoms with Crippen LogP contribution >= 0.6 is 15.6 Å². The fraction of sp³-hybridized carbons (Fsp3) is 0.754. The fourth-order valence-corrected chi connectivity index (χ4v) is 10.5.